The number of pyridine rings is 1. The lowest BCUT2D eigenvalue weighted by molar-refractivity contribution is 0.624. The number of aryl methyl sites for hydroxylation is 1. The summed E-state index contributed by atoms with van der Waals surface area (Å²) < 4.78 is 1.06. The van der Waals surface area contributed by atoms with Gasteiger partial charge in [-0.3, -0.25) is 4.98 Å². The van der Waals surface area contributed by atoms with Gasteiger partial charge < -0.3 is 5.73 Å². The van der Waals surface area contributed by atoms with E-state index < -0.39 is 0 Å². The molecule has 96 valence electrons. The van der Waals surface area contributed by atoms with E-state index in [9.17, 15) is 0 Å². The molecule has 2 aromatic rings. The van der Waals surface area contributed by atoms with Crippen LogP contribution < -0.4 is 5.73 Å². The second kappa shape index (κ2) is 6.31. The monoisotopic (exact) mass is 279 g/mol. The fraction of sp³-hybridized carbons (Fsp3) is 0.385. The van der Waals surface area contributed by atoms with Gasteiger partial charge in [0, 0.05) is 23.3 Å². The molecule has 2 atom stereocenters. The van der Waals surface area contributed by atoms with Crippen molar-refractivity contribution in [3.05, 3.63) is 41.2 Å². The van der Waals surface area contributed by atoms with E-state index in [2.05, 4.69) is 22.3 Å². The van der Waals surface area contributed by atoms with Crippen molar-refractivity contribution in [2.24, 2.45) is 5.73 Å². The molecule has 0 saturated heterocycles. The van der Waals surface area contributed by atoms with Gasteiger partial charge in [0.25, 0.3) is 0 Å². The number of thioether (sulfide) groups is 1. The summed E-state index contributed by atoms with van der Waals surface area (Å²) >= 11 is 3.38. The van der Waals surface area contributed by atoms with Gasteiger partial charge in [-0.05, 0) is 25.5 Å². The zero-order chi connectivity index (χ0) is 13.0. The van der Waals surface area contributed by atoms with E-state index >= 15 is 0 Å². The van der Waals surface area contributed by atoms with E-state index in [1.807, 2.05) is 31.3 Å². The van der Waals surface area contributed by atoms with Crippen LogP contribution in [-0.2, 0) is 0 Å². The molecule has 2 rings (SSSR count). The van der Waals surface area contributed by atoms with Crippen LogP contribution >= 0.6 is 23.1 Å². The first-order chi connectivity index (χ1) is 8.70. The van der Waals surface area contributed by atoms with Crippen molar-refractivity contribution >= 4 is 23.1 Å². The van der Waals surface area contributed by atoms with E-state index in [-0.39, 0.29) is 11.3 Å². The van der Waals surface area contributed by atoms with Crippen LogP contribution in [0.2, 0.25) is 0 Å². The molecular weight excluding hydrogens is 262 g/mol. The highest BCUT2D eigenvalue weighted by Crippen LogP contribution is 2.38. The summed E-state index contributed by atoms with van der Waals surface area (Å²) in [7, 11) is 0. The largest absolute Gasteiger partial charge is 0.326 e. The second-order valence-electron chi connectivity index (χ2n) is 4.12. The molecule has 0 aromatic carbocycles. The van der Waals surface area contributed by atoms with Crippen molar-refractivity contribution in [2.75, 3.05) is 0 Å². The molecule has 2 unspecified atom stereocenters. The number of aromatic nitrogens is 2. The van der Waals surface area contributed by atoms with E-state index in [1.165, 1.54) is 0 Å². The standard InChI is InChI=1S/C13H17N3S2/c1-3-10(14)12(11-6-4-5-7-15-11)18-13-16-9(2)8-17-13/h4-8,10,12H,3,14H2,1-2H3. The SMILES string of the molecule is CCC(N)C(Sc1nc(C)cs1)c1ccccn1. The molecule has 0 aliphatic carbocycles. The summed E-state index contributed by atoms with van der Waals surface area (Å²) in [6, 6.07) is 6.06. The molecule has 2 N–H and O–H groups in total. The van der Waals surface area contributed by atoms with Crippen LogP contribution in [0, 0.1) is 6.92 Å². The van der Waals surface area contributed by atoms with Crippen molar-refractivity contribution in [3.63, 3.8) is 0 Å². The Hall–Kier alpha value is -0.910. The predicted octanol–water partition coefficient (Wildman–Crippen LogP) is 3.42. The number of nitrogens with two attached hydrogens (primary N) is 1. The molecule has 18 heavy (non-hydrogen) atoms. The van der Waals surface area contributed by atoms with Crippen molar-refractivity contribution in [3.8, 4) is 0 Å². The number of rotatable bonds is 5. The first-order valence-corrected chi connectivity index (χ1v) is 7.72. The van der Waals surface area contributed by atoms with E-state index in [4.69, 9.17) is 5.73 Å². The molecule has 3 nitrogen and oxygen atoms in total. The molecule has 0 aliphatic heterocycles. The lowest BCUT2D eigenvalue weighted by Crippen LogP contribution is -2.26. The zero-order valence-corrected chi connectivity index (χ0v) is 12.2. The molecule has 2 heterocycles. The van der Waals surface area contributed by atoms with Gasteiger partial charge in [0.05, 0.1) is 10.9 Å². The van der Waals surface area contributed by atoms with Gasteiger partial charge in [-0.25, -0.2) is 4.98 Å². The van der Waals surface area contributed by atoms with Crippen LogP contribution in [0.4, 0.5) is 0 Å². The number of hydrogen-bond donors (Lipinski definition) is 1. The van der Waals surface area contributed by atoms with Gasteiger partial charge in [-0.2, -0.15) is 0 Å². The van der Waals surface area contributed by atoms with Crippen molar-refractivity contribution in [1.82, 2.24) is 9.97 Å². The minimum Gasteiger partial charge on any atom is -0.326 e. The summed E-state index contributed by atoms with van der Waals surface area (Å²) in [6.45, 7) is 4.12. The predicted molar refractivity (Wildman–Crippen MR) is 78.0 cm³/mol. The van der Waals surface area contributed by atoms with Crippen LogP contribution in [0.15, 0.2) is 34.1 Å². The molecule has 2 aromatic heterocycles. The van der Waals surface area contributed by atoms with E-state index in [0.717, 1.165) is 22.1 Å². The molecule has 0 saturated carbocycles. The first-order valence-electron chi connectivity index (χ1n) is 5.96. The number of hydrogen-bond acceptors (Lipinski definition) is 5. The molecular formula is C13H17N3S2. The van der Waals surface area contributed by atoms with Crippen LogP contribution in [0.5, 0.6) is 0 Å². The lowest BCUT2D eigenvalue weighted by Gasteiger charge is -2.20. The molecule has 0 bridgehead atoms. The Morgan fingerprint density at radius 3 is 2.83 bits per heavy atom. The van der Waals surface area contributed by atoms with Crippen LogP contribution in [0.25, 0.3) is 0 Å². The van der Waals surface area contributed by atoms with Crippen LogP contribution in [-0.4, -0.2) is 16.0 Å². The maximum absolute atomic E-state index is 6.22. The number of thiazole rings is 1. The Morgan fingerprint density at radius 2 is 2.28 bits per heavy atom. The molecule has 0 radical (unpaired) electrons. The highest BCUT2D eigenvalue weighted by atomic mass is 32.2. The van der Waals surface area contributed by atoms with Crippen molar-refractivity contribution in [2.45, 2.75) is 35.9 Å². The Bertz CT molecular complexity index is 484. The zero-order valence-electron chi connectivity index (χ0n) is 10.5. The fourth-order valence-corrected chi connectivity index (χ4v) is 3.86. The molecule has 0 fully saturated rings. The molecule has 0 aliphatic rings. The van der Waals surface area contributed by atoms with Gasteiger partial charge in [0.2, 0.25) is 0 Å². The van der Waals surface area contributed by atoms with Gasteiger partial charge in [-0.1, -0.05) is 24.8 Å². The Labute approximate surface area is 116 Å². The summed E-state index contributed by atoms with van der Waals surface area (Å²) in [5.41, 5.74) is 8.31. The maximum atomic E-state index is 6.22. The highest BCUT2D eigenvalue weighted by Gasteiger charge is 2.22. The maximum Gasteiger partial charge on any atom is 0.150 e. The second-order valence-corrected chi connectivity index (χ2v) is 6.37. The van der Waals surface area contributed by atoms with Crippen molar-refractivity contribution in [1.29, 1.82) is 0 Å². The quantitative estimate of drug-likeness (QED) is 0.852. The Kier molecular flexibility index (Phi) is 4.74. The minimum atomic E-state index is 0.0918. The van der Waals surface area contributed by atoms with Crippen LogP contribution in [0.1, 0.15) is 30.0 Å². The van der Waals surface area contributed by atoms with Gasteiger partial charge in [0.15, 0.2) is 4.34 Å². The Balaban J connectivity index is 2.21. The third-order valence-electron chi connectivity index (χ3n) is 2.67. The average Bonchev–Trinajstić information content (AvgIpc) is 2.82. The minimum absolute atomic E-state index is 0.0918. The smallest absolute Gasteiger partial charge is 0.150 e. The summed E-state index contributed by atoms with van der Waals surface area (Å²) in [5.74, 6) is 0. The summed E-state index contributed by atoms with van der Waals surface area (Å²) in [4.78, 5) is 8.92. The summed E-state index contributed by atoms with van der Waals surface area (Å²) in [6.07, 6.45) is 2.75. The van der Waals surface area contributed by atoms with Gasteiger partial charge >= 0.3 is 0 Å². The topological polar surface area (TPSA) is 51.8 Å². The van der Waals surface area contributed by atoms with E-state index in [0.29, 0.717) is 0 Å². The lowest BCUT2D eigenvalue weighted by atomic mass is 10.1. The number of nitrogens with zero attached hydrogens (tertiary/aromatic N) is 2. The van der Waals surface area contributed by atoms with Crippen molar-refractivity contribution < 1.29 is 0 Å². The Morgan fingerprint density at radius 1 is 1.44 bits per heavy atom. The van der Waals surface area contributed by atoms with Crippen LogP contribution in [0.3, 0.4) is 0 Å². The van der Waals surface area contributed by atoms with Gasteiger partial charge in [-0.15, -0.1) is 11.3 Å². The third-order valence-corrected chi connectivity index (χ3v) is 5.13. The fourth-order valence-electron chi connectivity index (χ4n) is 1.62. The normalized spacial score (nSPS) is 14.4. The highest BCUT2D eigenvalue weighted by molar-refractivity contribution is 8.01. The van der Waals surface area contributed by atoms with E-state index in [1.54, 1.807) is 23.1 Å². The average molecular weight is 279 g/mol. The third kappa shape index (κ3) is 3.31. The van der Waals surface area contributed by atoms with Gasteiger partial charge in [0.1, 0.15) is 0 Å². The summed E-state index contributed by atoms with van der Waals surface area (Å²) in [5, 5.41) is 2.23. The molecule has 0 spiro atoms. The first kappa shape index (κ1) is 13.5. The molecule has 5 heteroatoms. The molecule has 0 amide bonds.